The molecule has 5 rings (SSSR count). The normalized spacial score (nSPS) is 18.5. The number of carbonyl (C=O) groups excluding carboxylic acids is 1. The Bertz CT molecular complexity index is 1270. The van der Waals surface area contributed by atoms with Crippen LogP contribution in [0.25, 0.3) is 33.4 Å². The van der Waals surface area contributed by atoms with Crippen molar-refractivity contribution in [3.63, 3.8) is 0 Å². The molecule has 138 valence electrons. The lowest BCUT2D eigenvalue weighted by molar-refractivity contribution is 0.112. The SMILES string of the molecule is O=Cc1ccc(C2OC2O)c(-c2c3ccc(=O)cc-3oc3cc(O)ccc23)c1. The molecule has 3 aliphatic rings. The quantitative estimate of drug-likeness (QED) is 0.324. The minimum Gasteiger partial charge on any atom is -0.508 e. The van der Waals surface area contributed by atoms with Crippen molar-refractivity contribution in [3.8, 4) is 28.2 Å². The lowest BCUT2D eigenvalue weighted by Gasteiger charge is -2.17. The van der Waals surface area contributed by atoms with E-state index in [0.717, 1.165) is 17.4 Å². The van der Waals surface area contributed by atoms with E-state index in [1.807, 2.05) is 0 Å². The summed E-state index contributed by atoms with van der Waals surface area (Å²) in [7, 11) is 0. The zero-order valence-electron chi connectivity index (χ0n) is 14.5. The zero-order valence-corrected chi connectivity index (χ0v) is 14.5. The van der Waals surface area contributed by atoms with E-state index in [9.17, 15) is 19.8 Å². The van der Waals surface area contributed by atoms with Gasteiger partial charge < -0.3 is 19.4 Å². The molecule has 2 aliphatic heterocycles. The summed E-state index contributed by atoms with van der Waals surface area (Å²) in [6, 6.07) is 14.4. The molecule has 0 amide bonds. The number of aromatic hydroxyl groups is 1. The van der Waals surface area contributed by atoms with Crippen molar-refractivity contribution >= 4 is 17.3 Å². The van der Waals surface area contributed by atoms with Crippen LogP contribution in [-0.4, -0.2) is 22.8 Å². The van der Waals surface area contributed by atoms with Gasteiger partial charge in [0.25, 0.3) is 0 Å². The average molecular weight is 374 g/mol. The Morgan fingerprint density at radius 3 is 2.54 bits per heavy atom. The first-order valence-corrected chi connectivity index (χ1v) is 8.68. The zero-order chi connectivity index (χ0) is 19.4. The van der Waals surface area contributed by atoms with Crippen LogP contribution in [0.4, 0.5) is 0 Å². The van der Waals surface area contributed by atoms with E-state index in [2.05, 4.69) is 0 Å². The highest BCUT2D eigenvalue weighted by molar-refractivity contribution is 6.03. The first-order chi connectivity index (χ1) is 13.5. The molecule has 6 nitrogen and oxygen atoms in total. The van der Waals surface area contributed by atoms with Gasteiger partial charge in [0.15, 0.2) is 11.7 Å². The van der Waals surface area contributed by atoms with Gasteiger partial charge in [-0.2, -0.15) is 0 Å². The van der Waals surface area contributed by atoms with Crippen molar-refractivity contribution in [1.82, 2.24) is 0 Å². The number of hydrogen-bond donors (Lipinski definition) is 2. The summed E-state index contributed by atoms with van der Waals surface area (Å²) in [5, 5.41) is 20.4. The van der Waals surface area contributed by atoms with Gasteiger partial charge in [-0.05, 0) is 41.5 Å². The van der Waals surface area contributed by atoms with Crippen LogP contribution in [-0.2, 0) is 4.74 Å². The minimum atomic E-state index is -0.899. The molecule has 6 heteroatoms. The van der Waals surface area contributed by atoms with E-state index in [-0.39, 0.29) is 11.2 Å². The topological polar surface area (TPSA) is 100 Å². The van der Waals surface area contributed by atoms with Gasteiger partial charge in [0, 0.05) is 34.2 Å². The Labute approximate surface area is 158 Å². The van der Waals surface area contributed by atoms with Crippen molar-refractivity contribution in [3.05, 3.63) is 75.9 Å². The smallest absolute Gasteiger partial charge is 0.186 e. The molecular weight excluding hydrogens is 360 g/mol. The second-order valence-corrected chi connectivity index (χ2v) is 6.73. The molecule has 0 spiro atoms. The van der Waals surface area contributed by atoms with Gasteiger partial charge in [-0.25, -0.2) is 0 Å². The number of carbonyl (C=O) groups is 1. The van der Waals surface area contributed by atoms with Crippen LogP contribution < -0.4 is 5.43 Å². The van der Waals surface area contributed by atoms with E-state index >= 15 is 0 Å². The molecule has 0 radical (unpaired) electrons. The third-order valence-electron chi connectivity index (χ3n) is 4.93. The molecule has 0 bridgehead atoms. The Morgan fingerprint density at radius 1 is 0.964 bits per heavy atom. The standard InChI is InChI=1S/C22H14O6/c23-10-11-1-4-14(21-22(26)28-21)17(7-11)20-15-5-2-12(24)8-18(15)27-19-9-13(25)3-6-16(19)20/h1-10,21-22,24,26H. The highest BCUT2D eigenvalue weighted by atomic mass is 16.7. The molecule has 0 saturated carbocycles. The summed E-state index contributed by atoms with van der Waals surface area (Å²) < 4.78 is 11.1. The molecule has 1 saturated heterocycles. The highest BCUT2D eigenvalue weighted by Gasteiger charge is 2.40. The van der Waals surface area contributed by atoms with Crippen LogP contribution >= 0.6 is 0 Å². The van der Waals surface area contributed by atoms with Crippen molar-refractivity contribution in [2.45, 2.75) is 12.4 Å². The van der Waals surface area contributed by atoms with E-state index in [1.54, 1.807) is 36.4 Å². The third kappa shape index (κ3) is 2.58. The molecule has 2 unspecified atom stereocenters. The molecule has 2 aromatic carbocycles. The molecule has 2 atom stereocenters. The summed E-state index contributed by atoms with van der Waals surface area (Å²) >= 11 is 0. The number of fused-ring (bicyclic) bond motifs is 2. The van der Waals surface area contributed by atoms with Crippen LogP contribution in [0.5, 0.6) is 5.75 Å². The number of phenolic OH excluding ortho intramolecular Hbond substituents is 1. The number of epoxide rings is 1. The summed E-state index contributed by atoms with van der Waals surface area (Å²) in [6.07, 6.45) is -0.644. The fourth-order valence-corrected chi connectivity index (χ4v) is 3.59. The summed E-state index contributed by atoms with van der Waals surface area (Å²) in [4.78, 5) is 23.2. The van der Waals surface area contributed by atoms with Gasteiger partial charge in [0.2, 0.25) is 0 Å². The predicted octanol–water partition coefficient (Wildman–Crippen LogP) is 3.47. The fraction of sp³-hybridized carbons (Fsp3) is 0.0909. The van der Waals surface area contributed by atoms with Crippen LogP contribution in [0.3, 0.4) is 0 Å². The molecule has 1 fully saturated rings. The maximum atomic E-state index is 11.9. The van der Waals surface area contributed by atoms with E-state index in [0.29, 0.717) is 33.4 Å². The number of benzene rings is 3. The van der Waals surface area contributed by atoms with Gasteiger partial charge in [-0.15, -0.1) is 0 Å². The van der Waals surface area contributed by atoms with Gasteiger partial charge in [0.1, 0.15) is 29.5 Å². The number of aliphatic hydroxyl groups is 1. The number of ether oxygens (including phenoxy) is 1. The number of aliphatic hydroxyl groups excluding tert-OH is 1. The van der Waals surface area contributed by atoms with E-state index in [4.69, 9.17) is 9.15 Å². The molecule has 28 heavy (non-hydrogen) atoms. The van der Waals surface area contributed by atoms with Gasteiger partial charge in [0.05, 0.1) is 0 Å². The first-order valence-electron chi connectivity index (χ1n) is 8.68. The van der Waals surface area contributed by atoms with Crippen molar-refractivity contribution in [2.24, 2.45) is 0 Å². The molecule has 2 aromatic rings. The Kier molecular flexibility index (Phi) is 3.58. The first kappa shape index (κ1) is 16.7. The summed E-state index contributed by atoms with van der Waals surface area (Å²) in [6.45, 7) is 0. The van der Waals surface area contributed by atoms with Gasteiger partial charge in [-0.3, -0.25) is 9.59 Å². The van der Waals surface area contributed by atoms with E-state index in [1.165, 1.54) is 18.2 Å². The van der Waals surface area contributed by atoms with Crippen molar-refractivity contribution < 1.29 is 24.2 Å². The average Bonchev–Trinajstić information content (AvgIpc) is 3.41. The van der Waals surface area contributed by atoms with Crippen molar-refractivity contribution in [2.75, 3.05) is 0 Å². The van der Waals surface area contributed by atoms with E-state index < -0.39 is 12.4 Å². The van der Waals surface area contributed by atoms with Crippen LogP contribution in [0, 0.1) is 0 Å². The van der Waals surface area contributed by atoms with Crippen LogP contribution in [0.2, 0.25) is 0 Å². The number of hydrogen-bond acceptors (Lipinski definition) is 6. The second-order valence-electron chi connectivity index (χ2n) is 6.73. The molecule has 1 aliphatic carbocycles. The summed E-state index contributed by atoms with van der Waals surface area (Å²) in [5.41, 5.74) is 3.50. The van der Waals surface area contributed by atoms with Crippen LogP contribution in [0.1, 0.15) is 22.0 Å². The second kappa shape index (κ2) is 6.02. The largest absolute Gasteiger partial charge is 0.508 e. The molecule has 2 N–H and O–H groups in total. The Balaban J connectivity index is 1.93. The lowest BCUT2D eigenvalue weighted by atomic mass is 9.89. The fourth-order valence-electron chi connectivity index (χ4n) is 3.59. The van der Waals surface area contributed by atoms with Crippen LogP contribution in [0.15, 0.2) is 63.8 Å². The number of phenols is 1. The molecular formula is C22H14O6. The predicted molar refractivity (Wildman–Crippen MR) is 101 cm³/mol. The number of rotatable bonds is 3. The molecule has 0 aromatic heterocycles. The monoisotopic (exact) mass is 374 g/mol. The Morgan fingerprint density at radius 2 is 1.79 bits per heavy atom. The maximum Gasteiger partial charge on any atom is 0.186 e. The van der Waals surface area contributed by atoms with Gasteiger partial charge >= 0.3 is 0 Å². The van der Waals surface area contributed by atoms with Crippen molar-refractivity contribution in [1.29, 1.82) is 0 Å². The minimum absolute atomic E-state index is 0.0302. The Hall–Kier alpha value is -3.48. The summed E-state index contributed by atoms with van der Waals surface area (Å²) in [5.74, 6) is 0.392. The highest BCUT2D eigenvalue weighted by Crippen LogP contribution is 2.47. The molecule has 2 heterocycles. The maximum absolute atomic E-state index is 11.9. The number of aldehydes is 1. The third-order valence-corrected chi connectivity index (χ3v) is 4.93. The lowest BCUT2D eigenvalue weighted by Crippen LogP contribution is -2.01. The van der Waals surface area contributed by atoms with Gasteiger partial charge in [-0.1, -0.05) is 12.1 Å².